The van der Waals surface area contributed by atoms with Crippen molar-refractivity contribution in [3.63, 3.8) is 0 Å². The number of aromatic nitrogens is 1. The molecule has 1 aromatic carbocycles. The Labute approximate surface area is 111 Å². The molecule has 0 bridgehead atoms. The van der Waals surface area contributed by atoms with Crippen molar-refractivity contribution in [3.05, 3.63) is 35.5 Å². The Kier molecular flexibility index (Phi) is 2.37. The summed E-state index contributed by atoms with van der Waals surface area (Å²) in [5.74, 6) is 0.791. The highest BCUT2D eigenvalue weighted by atomic mass is 16.5. The monoisotopic (exact) mass is 258 g/mol. The molecule has 3 N–H and O–H groups in total. The fraction of sp³-hybridized carbons (Fsp3) is 0.467. The maximum absolute atomic E-state index is 9.96. The van der Waals surface area contributed by atoms with Gasteiger partial charge in [-0.05, 0) is 36.0 Å². The van der Waals surface area contributed by atoms with Gasteiger partial charge < -0.3 is 15.6 Å². The zero-order valence-corrected chi connectivity index (χ0v) is 10.7. The smallest absolute Gasteiger partial charge is 0.0871 e. The third kappa shape index (κ3) is 1.53. The van der Waals surface area contributed by atoms with Gasteiger partial charge in [0.2, 0.25) is 0 Å². The van der Waals surface area contributed by atoms with Crippen LogP contribution < -0.4 is 5.32 Å². The van der Waals surface area contributed by atoms with Crippen LogP contribution in [0.25, 0.3) is 10.9 Å². The number of nitrogens with one attached hydrogen (secondary N) is 1. The summed E-state index contributed by atoms with van der Waals surface area (Å²) in [6.07, 6.45) is 3.83. The zero-order chi connectivity index (χ0) is 13.0. The van der Waals surface area contributed by atoms with Crippen molar-refractivity contribution in [1.29, 1.82) is 0 Å². The number of aliphatic hydroxyl groups excluding tert-OH is 1. The van der Waals surface area contributed by atoms with Crippen molar-refractivity contribution in [1.82, 2.24) is 10.0 Å². The molecule has 3 atom stereocenters. The van der Waals surface area contributed by atoms with Gasteiger partial charge in [0, 0.05) is 36.7 Å². The molecule has 0 saturated carbocycles. The van der Waals surface area contributed by atoms with Gasteiger partial charge in [-0.15, -0.1) is 0 Å². The van der Waals surface area contributed by atoms with Crippen LogP contribution in [0, 0.1) is 5.92 Å². The van der Waals surface area contributed by atoms with Crippen molar-refractivity contribution in [3.8, 4) is 0 Å². The van der Waals surface area contributed by atoms with E-state index in [1.807, 2.05) is 18.3 Å². The first kappa shape index (κ1) is 11.3. The Bertz CT molecular complexity index is 634. The van der Waals surface area contributed by atoms with Crippen LogP contribution in [0.15, 0.2) is 24.4 Å². The molecule has 4 nitrogen and oxygen atoms in total. The second-order valence-corrected chi connectivity index (χ2v) is 5.85. The summed E-state index contributed by atoms with van der Waals surface area (Å²) in [6.45, 7) is 1.14. The van der Waals surface area contributed by atoms with Crippen LogP contribution in [-0.2, 0) is 6.42 Å². The number of rotatable bonds is 1. The molecule has 19 heavy (non-hydrogen) atoms. The lowest BCUT2D eigenvalue weighted by atomic mass is 9.73. The Morgan fingerprint density at radius 1 is 1.37 bits per heavy atom. The topological polar surface area (TPSA) is 57.4 Å². The summed E-state index contributed by atoms with van der Waals surface area (Å²) in [4.78, 5) is 0. The van der Waals surface area contributed by atoms with E-state index in [1.165, 1.54) is 21.2 Å². The lowest BCUT2D eigenvalue weighted by molar-refractivity contribution is 0.168. The summed E-state index contributed by atoms with van der Waals surface area (Å²) in [7, 11) is 0. The van der Waals surface area contributed by atoms with Crippen LogP contribution in [0.1, 0.15) is 23.5 Å². The van der Waals surface area contributed by atoms with Gasteiger partial charge >= 0.3 is 0 Å². The van der Waals surface area contributed by atoms with E-state index < -0.39 is 0 Å². The maximum atomic E-state index is 9.96. The predicted molar refractivity (Wildman–Crippen MR) is 72.6 cm³/mol. The molecular formula is C15H18N2O2. The molecule has 1 aromatic heterocycles. The fourth-order valence-electron chi connectivity index (χ4n) is 3.84. The van der Waals surface area contributed by atoms with E-state index in [4.69, 9.17) is 0 Å². The molecule has 2 heterocycles. The fourth-order valence-corrected chi connectivity index (χ4v) is 3.84. The molecule has 2 aliphatic rings. The molecule has 0 radical (unpaired) electrons. The van der Waals surface area contributed by atoms with Gasteiger partial charge in [0.25, 0.3) is 0 Å². The minimum atomic E-state index is 0.250. The highest BCUT2D eigenvalue weighted by Crippen LogP contribution is 2.42. The molecule has 1 aliphatic carbocycles. The Hall–Kier alpha value is -1.52. The second-order valence-electron chi connectivity index (χ2n) is 5.85. The maximum Gasteiger partial charge on any atom is 0.0871 e. The molecule has 100 valence electrons. The van der Waals surface area contributed by atoms with E-state index in [2.05, 4.69) is 11.4 Å². The number of benzene rings is 1. The van der Waals surface area contributed by atoms with Crippen LogP contribution in [0.3, 0.4) is 0 Å². The van der Waals surface area contributed by atoms with Crippen LogP contribution >= 0.6 is 0 Å². The Balaban J connectivity index is 1.87. The van der Waals surface area contributed by atoms with Gasteiger partial charge in [-0.1, -0.05) is 12.1 Å². The molecule has 4 rings (SSSR count). The molecule has 2 aromatic rings. The van der Waals surface area contributed by atoms with Gasteiger partial charge in [0.15, 0.2) is 0 Å². The molecule has 0 amide bonds. The number of nitrogens with zero attached hydrogens (tertiary/aromatic N) is 1. The first-order valence-corrected chi connectivity index (χ1v) is 6.94. The van der Waals surface area contributed by atoms with Gasteiger partial charge in [0.1, 0.15) is 0 Å². The van der Waals surface area contributed by atoms with E-state index in [0.29, 0.717) is 17.9 Å². The largest absolute Gasteiger partial charge is 0.428 e. The van der Waals surface area contributed by atoms with Gasteiger partial charge in [-0.3, -0.25) is 0 Å². The summed E-state index contributed by atoms with van der Waals surface area (Å²) in [6, 6.07) is 6.58. The van der Waals surface area contributed by atoms with Crippen molar-refractivity contribution in [2.75, 3.05) is 13.2 Å². The van der Waals surface area contributed by atoms with E-state index in [1.54, 1.807) is 0 Å². The quantitative estimate of drug-likeness (QED) is 0.679. The van der Waals surface area contributed by atoms with Gasteiger partial charge in [0.05, 0.1) is 5.52 Å². The Morgan fingerprint density at radius 2 is 2.26 bits per heavy atom. The lowest BCUT2D eigenvalue weighted by Gasteiger charge is -2.39. The van der Waals surface area contributed by atoms with Crippen LogP contribution in [0.5, 0.6) is 0 Å². The molecule has 1 fully saturated rings. The average molecular weight is 258 g/mol. The molecule has 1 aliphatic heterocycles. The van der Waals surface area contributed by atoms with E-state index in [0.717, 1.165) is 24.9 Å². The summed E-state index contributed by atoms with van der Waals surface area (Å²) in [5, 5.41) is 24.1. The number of aliphatic hydroxyl groups is 1. The molecule has 4 heteroatoms. The van der Waals surface area contributed by atoms with Gasteiger partial charge in [-0.25, -0.2) is 0 Å². The third-order valence-corrected chi connectivity index (χ3v) is 4.76. The average Bonchev–Trinajstić information content (AvgIpc) is 2.77. The third-order valence-electron chi connectivity index (χ3n) is 4.76. The minimum absolute atomic E-state index is 0.250. The predicted octanol–water partition coefficient (Wildman–Crippen LogP) is 1.49. The van der Waals surface area contributed by atoms with E-state index >= 15 is 0 Å². The number of piperidine rings is 1. The number of fused-ring (bicyclic) bond motifs is 2. The van der Waals surface area contributed by atoms with Crippen LogP contribution in [0.4, 0.5) is 0 Å². The van der Waals surface area contributed by atoms with Crippen LogP contribution in [-0.4, -0.2) is 34.2 Å². The first-order chi connectivity index (χ1) is 9.28. The Morgan fingerprint density at radius 3 is 3.11 bits per heavy atom. The molecular weight excluding hydrogens is 240 g/mol. The second kappa shape index (κ2) is 3.99. The van der Waals surface area contributed by atoms with Crippen LogP contribution in [0.2, 0.25) is 0 Å². The van der Waals surface area contributed by atoms with Crippen molar-refractivity contribution in [2.24, 2.45) is 5.92 Å². The van der Waals surface area contributed by atoms with E-state index in [9.17, 15) is 10.3 Å². The SMILES string of the molecule is OCC1CN[C@@H]2Cc3cn(O)c4cccc(c34)[C@H]2C1. The van der Waals surface area contributed by atoms with Crippen molar-refractivity contribution >= 4 is 10.9 Å². The number of hydrogen-bond acceptors (Lipinski definition) is 3. The standard InChI is InChI=1S/C15H18N2O2/c18-8-9-4-12-11-2-1-3-14-15(11)10(7-17(14)19)5-13(12)16-6-9/h1-3,7,9,12-13,16,18-19H,4-6,8H2/t9?,12-,13-/m1/s1. The molecule has 1 unspecified atom stereocenters. The highest BCUT2D eigenvalue weighted by molar-refractivity contribution is 5.88. The van der Waals surface area contributed by atoms with Gasteiger partial charge in [-0.2, -0.15) is 4.73 Å². The normalized spacial score (nSPS) is 29.4. The summed E-state index contributed by atoms with van der Waals surface area (Å²) in [5.41, 5.74) is 3.45. The summed E-state index contributed by atoms with van der Waals surface area (Å²) >= 11 is 0. The van der Waals surface area contributed by atoms with Crippen molar-refractivity contribution in [2.45, 2.75) is 24.8 Å². The summed E-state index contributed by atoms with van der Waals surface area (Å²) < 4.78 is 1.25. The molecule has 1 saturated heterocycles. The first-order valence-electron chi connectivity index (χ1n) is 6.94. The van der Waals surface area contributed by atoms with Crippen molar-refractivity contribution < 1.29 is 10.3 Å². The van der Waals surface area contributed by atoms with E-state index in [-0.39, 0.29) is 6.61 Å². The zero-order valence-electron chi connectivity index (χ0n) is 10.7. The lowest BCUT2D eigenvalue weighted by Crippen LogP contribution is -2.47. The minimum Gasteiger partial charge on any atom is -0.428 e. The highest BCUT2D eigenvalue weighted by Gasteiger charge is 2.36. The molecule has 0 spiro atoms. The number of hydrogen-bond donors (Lipinski definition) is 3.